The molecule has 0 aromatic rings. The number of amidine groups is 1. The van der Waals surface area contributed by atoms with Gasteiger partial charge in [0.1, 0.15) is 12.2 Å². The molecule has 0 radical (unpaired) electrons. The molecule has 0 aliphatic carbocycles. The van der Waals surface area contributed by atoms with Crippen molar-refractivity contribution < 1.29 is 4.74 Å². The van der Waals surface area contributed by atoms with Gasteiger partial charge in [-0.25, -0.2) is 5.43 Å². The van der Waals surface area contributed by atoms with Gasteiger partial charge < -0.3 is 4.74 Å². The number of hydrogen-bond donors (Lipinski definition) is 1. The molecule has 0 amide bonds. The van der Waals surface area contributed by atoms with Crippen molar-refractivity contribution in [1.29, 1.82) is 0 Å². The predicted molar refractivity (Wildman–Crippen MR) is 101 cm³/mol. The van der Waals surface area contributed by atoms with E-state index in [9.17, 15) is 0 Å². The molecule has 0 saturated heterocycles. The maximum absolute atomic E-state index is 6.12. The highest BCUT2D eigenvalue weighted by molar-refractivity contribution is 6.03. The molecule has 6 nitrogen and oxygen atoms in total. The first-order valence-corrected chi connectivity index (χ1v) is 8.52. The molecule has 1 N–H and O–H groups in total. The summed E-state index contributed by atoms with van der Waals surface area (Å²) in [6, 6.07) is 0. The highest BCUT2D eigenvalue weighted by Crippen LogP contribution is 2.16. The van der Waals surface area contributed by atoms with Gasteiger partial charge in [0.25, 0.3) is 0 Å². The number of hydrogen-bond acceptors (Lipinski definition) is 5. The number of ether oxygens (including phenoxy) is 1. The molecule has 0 rings (SSSR count). The number of aliphatic imine (C=N–C) groups is 3. The standard InChI is InChI=1S/C17H35N5O/c1-8-14(3)10-11-15(9-2)23-17(20-6)12-16(19-5)22(21-7)13-18-4/h13-15,21H,8-12H2,1-7H3. The SMILES string of the molecule is CCC(C)CCC(CC)OC(CC(=NC)N(C=NC)NC)=NC. The van der Waals surface area contributed by atoms with Crippen molar-refractivity contribution in [3.05, 3.63) is 0 Å². The van der Waals surface area contributed by atoms with Crippen molar-refractivity contribution >= 4 is 18.1 Å². The first-order valence-electron chi connectivity index (χ1n) is 8.52. The Kier molecular flexibility index (Phi) is 12.2. The van der Waals surface area contributed by atoms with Crippen molar-refractivity contribution in [2.24, 2.45) is 20.9 Å². The van der Waals surface area contributed by atoms with Crippen molar-refractivity contribution in [2.45, 2.75) is 59.0 Å². The number of rotatable bonds is 10. The summed E-state index contributed by atoms with van der Waals surface area (Å²) in [5.74, 6) is 2.27. The molecular formula is C17H35N5O. The fourth-order valence-electron chi connectivity index (χ4n) is 2.16. The van der Waals surface area contributed by atoms with Crippen LogP contribution in [0.25, 0.3) is 0 Å². The third-order valence-electron chi connectivity index (χ3n) is 4.00. The van der Waals surface area contributed by atoms with E-state index in [-0.39, 0.29) is 6.10 Å². The first-order chi connectivity index (χ1) is 11.1. The molecule has 0 bridgehead atoms. The van der Waals surface area contributed by atoms with Gasteiger partial charge in [-0.05, 0) is 25.2 Å². The van der Waals surface area contributed by atoms with Gasteiger partial charge in [-0.1, -0.05) is 27.2 Å². The van der Waals surface area contributed by atoms with Crippen LogP contribution >= 0.6 is 0 Å². The second kappa shape index (κ2) is 13.0. The Morgan fingerprint density at radius 1 is 1.13 bits per heavy atom. The van der Waals surface area contributed by atoms with Crippen LogP contribution in [0.15, 0.2) is 15.0 Å². The van der Waals surface area contributed by atoms with Crippen LogP contribution in [0.3, 0.4) is 0 Å². The molecule has 134 valence electrons. The molecule has 0 aromatic heterocycles. The van der Waals surface area contributed by atoms with E-state index in [2.05, 4.69) is 41.2 Å². The summed E-state index contributed by atoms with van der Waals surface area (Å²) in [5, 5.41) is 1.77. The van der Waals surface area contributed by atoms with Crippen molar-refractivity contribution in [2.75, 3.05) is 28.2 Å². The zero-order valence-electron chi connectivity index (χ0n) is 16.0. The van der Waals surface area contributed by atoms with Crippen LogP contribution < -0.4 is 5.43 Å². The molecule has 2 unspecified atom stereocenters. The second-order valence-electron chi connectivity index (χ2n) is 5.64. The van der Waals surface area contributed by atoms with E-state index in [1.54, 1.807) is 32.5 Å². The zero-order chi connectivity index (χ0) is 17.7. The average molecular weight is 326 g/mol. The largest absolute Gasteiger partial charge is 0.477 e. The van der Waals surface area contributed by atoms with Gasteiger partial charge in [-0.3, -0.25) is 20.0 Å². The molecule has 0 heterocycles. The lowest BCUT2D eigenvalue weighted by atomic mass is 9.99. The molecular weight excluding hydrogens is 290 g/mol. The van der Waals surface area contributed by atoms with Crippen LogP contribution in [0.1, 0.15) is 52.9 Å². The Hall–Kier alpha value is -1.43. The summed E-state index contributed by atoms with van der Waals surface area (Å²) in [7, 11) is 7.08. The van der Waals surface area contributed by atoms with Gasteiger partial charge in [0, 0.05) is 28.2 Å². The molecule has 0 fully saturated rings. The molecule has 6 heteroatoms. The highest BCUT2D eigenvalue weighted by atomic mass is 16.5. The van der Waals surface area contributed by atoms with E-state index in [4.69, 9.17) is 4.74 Å². The van der Waals surface area contributed by atoms with Gasteiger partial charge in [-0.15, -0.1) is 0 Å². The van der Waals surface area contributed by atoms with Crippen LogP contribution in [0.5, 0.6) is 0 Å². The summed E-state index contributed by atoms with van der Waals surface area (Å²) in [6.07, 6.45) is 6.89. The van der Waals surface area contributed by atoms with Gasteiger partial charge in [-0.2, -0.15) is 0 Å². The maximum atomic E-state index is 6.12. The molecule has 0 saturated carbocycles. The monoisotopic (exact) mass is 325 g/mol. The Morgan fingerprint density at radius 2 is 1.83 bits per heavy atom. The molecule has 0 spiro atoms. The van der Waals surface area contributed by atoms with E-state index < -0.39 is 0 Å². The maximum Gasteiger partial charge on any atom is 0.190 e. The van der Waals surface area contributed by atoms with Crippen molar-refractivity contribution in [1.82, 2.24) is 10.4 Å². The van der Waals surface area contributed by atoms with Gasteiger partial charge in [0.2, 0.25) is 0 Å². The summed E-state index contributed by atoms with van der Waals surface area (Å²) in [5.41, 5.74) is 3.04. The highest BCUT2D eigenvalue weighted by Gasteiger charge is 2.16. The van der Waals surface area contributed by atoms with Crippen molar-refractivity contribution in [3.8, 4) is 0 Å². The number of nitrogens with zero attached hydrogens (tertiary/aromatic N) is 4. The third kappa shape index (κ3) is 8.69. The number of hydrazine groups is 1. The lowest BCUT2D eigenvalue weighted by Gasteiger charge is -2.23. The van der Waals surface area contributed by atoms with Crippen LogP contribution in [0.4, 0.5) is 0 Å². The fraction of sp³-hybridized carbons (Fsp3) is 0.824. The Labute approximate surface area is 142 Å². The van der Waals surface area contributed by atoms with Gasteiger partial charge in [0.05, 0.1) is 12.5 Å². The normalized spacial score (nSPS) is 15.8. The smallest absolute Gasteiger partial charge is 0.190 e. The average Bonchev–Trinajstić information content (AvgIpc) is 2.59. The zero-order valence-corrected chi connectivity index (χ0v) is 16.0. The minimum absolute atomic E-state index is 0.212. The third-order valence-corrected chi connectivity index (χ3v) is 4.00. The molecule has 2 atom stereocenters. The van der Waals surface area contributed by atoms with E-state index in [1.807, 2.05) is 7.05 Å². The number of nitrogens with one attached hydrogen (secondary N) is 1. The summed E-state index contributed by atoms with van der Waals surface area (Å²) in [6.45, 7) is 6.68. The Balaban J connectivity index is 4.74. The first kappa shape index (κ1) is 21.6. The van der Waals surface area contributed by atoms with Crippen LogP contribution in [0.2, 0.25) is 0 Å². The van der Waals surface area contributed by atoms with E-state index in [0.717, 1.165) is 24.6 Å². The second-order valence-corrected chi connectivity index (χ2v) is 5.64. The minimum Gasteiger partial charge on any atom is -0.477 e. The summed E-state index contributed by atoms with van der Waals surface area (Å²) in [4.78, 5) is 12.6. The predicted octanol–water partition coefficient (Wildman–Crippen LogP) is 3.15. The quantitative estimate of drug-likeness (QED) is 0.381. The molecule has 0 aromatic carbocycles. The minimum atomic E-state index is 0.212. The lowest BCUT2D eigenvalue weighted by Crippen LogP contribution is -2.41. The van der Waals surface area contributed by atoms with E-state index in [1.165, 1.54) is 12.8 Å². The van der Waals surface area contributed by atoms with Gasteiger partial charge in [0.15, 0.2) is 5.90 Å². The van der Waals surface area contributed by atoms with Crippen LogP contribution in [-0.4, -0.2) is 57.4 Å². The van der Waals surface area contributed by atoms with Crippen molar-refractivity contribution in [3.63, 3.8) is 0 Å². The molecule has 23 heavy (non-hydrogen) atoms. The Bertz CT molecular complexity index is 392. The molecule has 0 aliphatic heterocycles. The van der Waals surface area contributed by atoms with E-state index >= 15 is 0 Å². The molecule has 0 aliphatic rings. The topological polar surface area (TPSA) is 61.6 Å². The van der Waals surface area contributed by atoms with Crippen LogP contribution in [-0.2, 0) is 4.74 Å². The van der Waals surface area contributed by atoms with E-state index in [0.29, 0.717) is 12.3 Å². The van der Waals surface area contributed by atoms with Gasteiger partial charge >= 0.3 is 0 Å². The summed E-state index contributed by atoms with van der Waals surface area (Å²) < 4.78 is 6.12. The summed E-state index contributed by atoms with van der Waals surface area (Å²) >= 11 is 0. The Morgan fingerprint density at radius 3 is 2.26 bits per heavy atom. The van der Waals surface area contributed by atoms with Crippen LogP contribution in [0, 0.1) is 5.92 Å². The fourth-order valence-corrected chi connectivity index (χ4v) is 2.16. The lowest BCUT2D eigenvalue weighted by molar-refractivity contribution is 0.160.